The first kappa shape index (κ1) is 23.4. The molecule has 33 heavy (non-hydrogen) atoms. The van der Waals surface area contributed by atoms with E-state index in [0.29, 0.717) is 38.5 Å². The van der Waals surface area contributed by atoms with Crippen LogP contribution >= 0.6 is 0 Å². The maximum Gasteiger partial charge on any atom is 0.226 e. The Hall–Kier alpha value is -2.80. The molecule has 2 heterocycles. The number of hydrogen-bond acceptors (Lipinski definition) is 4. The highest BCUT2D eigenvalue weighted by molar-refractivity contribution is 5.79. The second-order valence-electron chi connectivity index (χ2n) is 8.88. The van der Waals surface area contributed by atoms with Crippen molar-refractivity contribution in [2.75, 3.05) is 57.9 Å². The van der Waals surface area contributed by atoms with Crippen LogP contribution in [0.4, 0.5) is 10.1 Å². The Balaban J connectivity index is 1.25. The number of ether oxygens (including phenoxy) is 2. The Labute approximate surface area is 195 Å². The summed E-state index contributed by atoms with van der Waals surface area (Å²) >= 11 is 0. The number of amides is 1. The summed E-state index contributed by atoms with van der Waals surface area (Å²) in [6.07, 6.45) is 1.83. The third-order valence-corrected chi connectivity index (χ3v) is 6.81. The zero-order valence-corrected chi connectivity index (χ0v) is 19.7. The van der Waals surface area contributed by atoms with Gasteiger partial charge in [0.05, 0.1) is 32.5 Å². The Bertz CT molecular complexity index is 938. The van der Waals surface area contributed by atoms with Gasteiger partial charge in [-0.05, 0) is 37.3 Å². The number of halogens is 1. The number of nitrogens with zero attached hydrogens (tertiary/aromatic N) is 2. The van der Waals surface area contributed by atoms with E-state index in [2.05, 4.69) is 12.1 Å². The normalized spacial score (nSPS) is 21.1. The van der Waals surface area contributed by atoms with Crippen LogP contribution in [0.3, 0.4) is 0 Å². The number of likely N-dealkylation sites (tertiary alicyclic amines) is 1. The van der Waals surface area contributed by atoms with Gasteiger partial charge in [0.25, 0.3) is 0 Å². The molecule has 0 unspecified atom stereocenters. The Morgan fingerprint density at radius 2 is 1.79 bits per heavy atom. The molecule has 2 aromatic carbocycles. The molecule has 2 fully saturated rings. The van der Waals surface area contributed by atoms with Gasteiger partial charge in [0, 0.05) is 50.5 Å². The molecule has 6 nitrogen and oxygen atoms in total. The standard InChI is InChI=1S/C26H34FN3O3/c1-3-33-24-9-8-20(18-25(24)32-2)19-28-12-10-21(11-13-28)26(31)30-16-14-29(15-17-30)23-7-5-4-6-22(23)27/h4-9,18,21H,3,10-17,19H2,1-2H3/p+1. The second kappa shape index (κ2) is 10.9. The van der Waals surface area contributed by atoms with Crippen molar-refractivity contribution in [1.29, 1.82) is 0 Å². The topological polar surface area (TPSA) is 46.5 Å². The summed E-state index contributed by atoms with van der Waals surface area (Å²) in [5.41, 5.74) is 1.85. The molecule has 7 heteroatoms. The van der Waals surface area contributed by atoms with Crippen molar-refractivity contribution in [3.8, 4) is 11.5 Å². The predicted molar refractivity (Wildman–Crippen MR) is 126 cm³/mol. The van der Waals surface area contributed by atoms with E-state index in [-0.39, 0.29) is 17.6 Å². The van der Waals surface area contributed by atoms with Crippen LogP contribution < -0.4 is 19.3 Å². The van der Waals surface area contributed by atoms with Gasteiger partial charge in [-0.25, -0.2) is 4.39 Å². The number of quaternary nitrogens is 1. The van der Waals surface area contributed by atoms with Crippen molar-refractivity contribution in [2.45, 2.75) is 26.3 Å². The SMILES string of the molecule is CCOc1ccc(C[NH+]2CCC(C(=O)N3CCN(c4ccccc4F)CC3)CC2)cc1OC. The van der Waals surface area contributed by atoms with E-state index in [1.54, 1.807) is 13.2 Å². The summed E-state index contributed by atoms with van der Waals surface area (Å²) in [7, 11) is 1.67. The zero-order valence-electron chi connectivity index (χ0n) is 19.7. The number of methoxy groups -OCH3 is 1. The average molecular weight is 457 g/mol. The molecule has 1 amide bonds. The van der Waals surface area contributed by atoms with Gasteiger partial charge in [-0.15, -0.1) is 0 Å². The fraction of sp³-hybridized carbons (Fsp3) is 0.500. The van der Waals surface area contributed by atoms with Crippen LogP contribution in [0.15, 0.2) is 42.5 Å². The summed E-state index contributed by atoms with van der Waals surface area (Å²) in [6, 6.07) is 13.0. The Morgan fingerprint density at radius 1 is 1.06 bits per heavy atom. The van der Waals surface area contributed by atoms with Gasteiger partial charge in [-0.3, -0.25) is 4.79 Å². The first-order valence-corrected chi connectivity index (χ1v) is 12.0. The molecule has 0 aromatic heterocycles. The number of anilines is 1. The number of carbonyl (C=O) groups excluding carboxylic acids is 1. The molecule has 1 N–H and O–H groups in total. The lowest BCUT2D eigenvalue weighted by Gasteiger charge is -2.38. The Morgan fingerprint density at radius 3 is 2.45 bits per heavy atom. The minimum absolute atomic E-state index is 0.101. The summed E-state index contributed by atoms with van der Waals surface area (Å²) in [5.74, 6) is 1.72. The van der Waals surface area contributed by atoms with Gasteiger partial charge >= 0.3 is 0 Å². The molecule has 2 aromatic rings. The van der Waals surface area contributed by atoms with Crippen molar-refractivity contribution in [3.63, 3.8) is 0 Å². The molecule has 0 radical (unpaired) electrons. The molecule has 2 aliphatic rings. The van der Waals surface area contributed by atoms with E-state index in [1.807, 2.05) is 34.9 Å². The van der Waals surface area contributed by atoms with E-state index >= 15 is 0 Å². The largest absolute Gasteiger partial charge is 0.493 e. The molecule has 0 spiro atoms. The van der Waals surface area contributed by atoms with Gasteiger partial charge < -0.3 is 24.2 Å². The molecule has 2 saturated heterocycles. The van der Waals surface area contributed by atoms with E-state index in [4.69, 9.17) is 9.47 Å². The number of piperidine rings is 1. The summed E-state index contributed by atoms with van der Waals surface area (Å²) in [5, 5.41) is 0. The lowest BCUT2D eigenvalue weighted by molar-refractivity contribution is -0.919. The van der Waals surface area contributed by atoms with Gasteiger partial charge in [0.1, 0.15) is 12.4 Å². The number of rotatable bonds is 7. The lowest BCUT2D eigenvalue weighted by atomic mass is 9.94. The number of para-hydroxylation sites is 1. The van der Waals surface area contributed by atoms with Crippen molar-refractivity contribution < 1.29 is 23.6 Å². The summed E-state index contributed by atoms with van der Waals surface area (Å²) in [4.78, 5) is 18.6. The molecular formula is C26H35FN3O3+. The second-order valence-corrected chi connectivity index (χ2v) is 8.88. The lowest BCUT2D eigenvalue weighted by Crippen LogP contribution is -3.11. The van der Waals surface area contributed by atoms with Crippen molar-refractivity contribution >= 4 is 11.6 Å². The van der Waals surface area contributed by atoms with Gasteiger partial charge in [-0.1, -0.05) is 12.1 Å². The first-order valence-electron chi connectivity index (χ1n) is 12.0. The molecule has 0 aliphatic carbocycles. The van der Waals surface area contributed by atoms with Crippen LogP contribution in [-0.4, -0.2) is 63.8 Å². The molecule has 2 aliphatic heterocycles. The van der Waals surface area contributed by atoms with Crippen LogP contribution in [-0.2, 0) is 11.3 Å². The molecular weight excluding hydrogens is 421 g/mol. The van der Waals surface area contributed by atoms with Gasteiger partial charge in [0.15, 0.2) is 11.5 Å². The van der Waals surface area contributed by atoms with Crippen molar-refractivity contribution in [1.82, 2.24) is 4.90 Å². The van der Waals surface area contributed by atoms with Crippen molar-refractivity contribution in [3.05, 3.63) is 53.8 Å². The third-order valence-electron chi connectivity index (χ3n) is 6.81. The fourth-order valence-corrected chi connectivity index (χ4v) is 4.97. The smallest absolute Gasteiger partial charge is 0.226 e. The predicted octanol–water partition coefficient (Wildman–Crippen LogP) is 2.38. The highest BCUT2D eigenvalue weighted by Gasteiger charge is 2.32. The fourth-order valence-electron chi connectivity index (χ4n) is 4.97. The van der Waals surface area contributed by atoms with E-state index in [1.165, 1.54) is 16.5 Å². The highest BCUT2D eigenvalue weighted by atomic mass is 19.1. The number of hydrogen-bond donors (Lipinski definition) is 1. The van der Waals surface area contributed by atoms with Crippen LogP contribution in [0.25, 0.3) is 0 Å². The highest BCUT2D eigenvalue weighted by Crippen LogP contribution is 2.28. The van der Waals surface area contributed by atoms with Crippen molar-refractivity contribution in [2.24, 2.45) is 5.92 Å². The molecule has 4 rings (SSSR count). The summed E-state index contributed by atoms with van der Waals surface area (Å²) < 4.78 is 25.2. The number of nitrogens with one attached hydrogen (secondary N) is 1. The number of carbonyl (C=O) groups is 1. The Kier molecular flexibility index (Phi) is 7.70. The third kappa shape index (κ3) is 5.58. The van der Waals surface area contributed by atoms with Crippen LogP contribution in [0.1, 0.15) is 25.3 Å². The summed E-state index contributed by atoms with van der Waals surface area (Å²) in [6.45, 7) is 8.14. The van der Waals surface area contributed by atoms with Crippen LogP contribution in [0, 0.1) is 11.7 Å². The molecule has 0 bridgehead atoms. The number of piperazine rings is 1. The molecule has 0 atom stereocenters. The van der Waals surface area contributed by atoms with E-state index < -0.39 is 0 Å². The maximum absolute atomic E-state index is 14.1. The molecule has 178 valence electrons. The van der Waals surface area contributed by atoms with E-state index in [0.717, 1.165) is 44.0 Å². The minimum Gasteiger partial charge on any atom is -0.493 e. The monoisotopic (exact) mass is 456 g/mol. The van der Waals surface area contributed by atoms with Gasteiger partial charge in [-0.2, -0.15) is 0 Å². The van der Waals surface area contributed by atoms with Crippen LogP contribution in [0.5, 0.6) is 11.5 Å². The van der Waals surface area contributed by atoms with E-state index in [9.17, 15) is 9.18 Å². The zero-order chi connectivity index (χ0) is 23.2. The van der Waals surface area contributed by atoms with Gasteiger partial charge in [0.2, 0.25) is 5.91 Å². The first-order chi connectivity index (χ1) is 16.1. The quantitative estimate of drug-likeness (QED) is 0.695. The number of benzene rings is 2. The average Bonchev–Trinajstić information content (AvgIpc) is 2.85. The maximum atomic E-state index is 14.1. The minimum atomic E-state index is -0.197. The molecule has 0 saturated carbocycles. The van der Waals surface area contributed by atoms with Crippen LogP contribution in [0.2, 0.25) is 0 Å².